The standard InChI is InChI=1S/C17H23ClN2/c1-12-11-15(13-7-5-6-8-14(13)19-12)20-16(9-10-18)17(2,3)4/h5-8,11,16H,9-10H2,1-4H3,(H,19,20). The minimum atomic E-state index is 0.160. The highest BCUT2D eigenvalue weighted by atomic mass is 35.5. The van der Waals surface area contributed by atoms with Crippen molar-refractivity contribution in [2.24, 2.45) is 5.41 Å². The summed E-state index contributed by atoms with van der Waals surface area (Å²) in [5.41, 5.74) is 3.38. The minimum absolute atomic E-state index is 0.160. The molecule has 3 heteroatoms. The van der Waals surface area contributed by atoms with Gasteiger partial charge >= 0.3 is 0 Å². The molecular weight excluding hydrogens is 268 g/mol. The number of hydrogen-bond donors (Lipinski definition) is 1. The molecule has 1 aromatic heterocycles. The highest BCUT2D eigenvalue weighted by Gasteiger charge is 2.24. The molecular formula is C17H23ClN2. The normalized spacial score (nSPS) is 13.4. The number of rotatable bonds is 4. The number of nitrogens with one attached hydrogen (secondary N) is 1. The molecule has 0 saturated carbocycles. The van der Waals surface area contributed by atoms with Crippen LogP contribution in [-0.4, -0.2) is 16.9 Å². The lowest BCUT2D eigenvalue weighted by molar-refractivity contribution is 0.335. The van der Waals surface area contributed by atoms with Gasteiger partial charge in [-0.3, -0.25) is 4.98 Å². The predicted octanol–water partition coefficient (Wildman–Crippen LogP) is 5.00. The zero-order chi connectivity index (χ0) is 14.8. The summed E-state index contributed by atoms with van der Waals surface area (Å²) in [5.74, 6) is 0.664. The van der Waals surface area contributed by atoms with Gasteiger partial charge in [-0.1, -0.05) is 39.0 Å². The van der Waals surface area contributed by atoms with Crippen LogP contribution in [0.15, 0.2) is 30.3 Å². The number of nitrogens with zero attached hydrogens (tertiary/aromatic N) is 1. The number of anilines is 1. The van der Waals surface area contributed by atoms with E-state index in [9.17, 15) is 0 Å². The van der Waals surface area contributed by atoms with Crippen LogP contribution in [0.5, 0.6) is 0 Å². The van der Waals surface area contributed by atoms with Gasteiger partial charge in [-0.05, 0) is 30.9 Å². The van der Waals surface area contributed by atoms with Crippen LogP contribution >= 0.6 is 11.6 Å². The first-order valence-electron chi connectivity index (χ1n) is 7.10. The highest BCUT2D eigenvalue weighted by Crippen LogP contribution is 2.29. The number of aryl methyl sites for hydroxylation is 1. The van der Waals surface area contributed by atoms with Gasteiger partial charge in [0.25, 0.3) is 0 Å². The lowest BCUT2D eigenvalue weighted by Gasteiger charge is -2.32. The van der Waals surface area contributed by atoms with Gasteiger partial charge in [0.15, 0.2) is 0 Å². The van der Waals surface area contributed by atoms with Crippen LogP contribution in [0.4, 0.5) is 5.69 Å². The Morgan fingerprint density at radius 1 is 1.25 bits per heavy atom. The zero-order valence-electron chi connectivity index (χ0n) is 12.7. The average molecular weight is 291 g/mol. The molecule has 0 radical (unpaired) electrons. The molecule has 1 atom stereocenters. The van der Waals surface area contributed by atoms with E-state index in [0.717, 1.165) is 23.3 Å². The monoisotopic (exact) mass is 290 g/mol. The molecule has 0 saturated heterocycles. The lowest BCUT2D eigenvalue weighted by Crippen LogP contribution is -2.34. The second-order valence-electron chi connectivity index (χ2n) is 6.37. The fourth-order valence-corrected chi connectivity index (χ4v) is 2.66. The third-order valence-electron chi connectivity index (χ3n) is 3.62. The molecule has 0 aliphatic heterocycles. The van der Waals surface area contributed by atoms with Crippen LogP contribution < -0.4 is 5.32 Å². The number of para-hydroxylation sites is 1. The van der Waals surface area contributed by atoms with Crippen molar-refractivity contribution in [2.45, 2.75) is 40.2 Å². The van der Waals surface area contributed by atoms with Crippen LogP contribution in [0.25, 0.3) is 10.9 Å². The van der Waals surface area contributed by atoms with E-state index in [1.807, 2.05) is 13.0 Å². The average Bonchev–Trinajstić information content (AvgIpc) is 2.37. The van der Waals surface area contributed by atoms with E-state index >= 15 is 0 Å². The summed E-state index contributed by atoms with van der Waals surface area (Å²) in [6, 6.07) is 10.7. The fraction of sp³-hybridized carbons (Fsp3) is 0.471. The second kappa shape index (κ2) is 6.01. The molecule has 1 unspecified atom stereocenters. The molecule has 1 N–H and O–H groups in total. The van der Waals surface area contributed by atoms with E-state index in [4.69, 9.17) is 11.6 Å². The Hall–Kier alpha value is -1.28. The first kappa shape index (κ1) is 15.1. The molecule has 108 valence electrons. The summed E-state index contributed by atoms with van der Waals surface area (Å²) in [6.07, 6.45) is 0.945. The van der Waals surface area contributed by atoms with Gasteiger partial charge in [0.05, 0.1) is 5.52 Å². The van der Waals surface area contributed by atoms with E-state index in [1.54, 1.807) is 0 Å². The molecule has 20 heavy (non-hydrogen) atoms. The Balaban J connectivity index is 2.41. The van der Waals surface area contributed by atoms with Crippen LogP contribution in [0, 0.1) is 12.3 Å². The summed E-state index contributed by atoms with van der Waals surface area (Å²) >= 11 is 5.97. The van der Waals surface area contributed by atoms with Crippen molar-refractivity contribution < 1.29 is 0 Å². The number of halogens is 1. The summed E-state index contributed by atoms with van der Waals surface area (Å²) in [6.45, 7) is 8.76. The number of hydrogen-bond acceptors (Lipinski definition) is 2. The van der Waals surface area contributed by atoms with E-state index < -0.39 is 0 Å². The molecule has 1 heterocycles. The first-order valence-corrected chi connectivity index (χ1v) is 7.64. The Labute approximate surface area is 126 Å². The van der Waals surface area contributed by atoms with Crippen molar-refractivity contribution in [1.29, 1.82) is 0 Å². The second-order valence-corrected chi connectivity index (χ2v) is 6.75. The number of alkyl halides is 1. The summed E-state index contributed by atoms with van der Waals surface area (Å²) < 4.78 is 0. The maximum atomic E-state index is 5.97. The van der Waals surface area contributed by atoms with Crippen molar-refractivity contribution in [3.63, 3.8) is 0 Å². The van der Waals surface area contributed by atoms with Crippen molar-refractivity contribution in [3.8, 4) is 0 Å². The first-order chi connectivity index (χ1) is 9.41. The molecule has 0 spiro atoms. The molecule has 2 rings (SSSR count). The van der Waals surface area contributed by atoms with Crippen molar-refractivity contribution in [3.05, 3.63) is 36.0 Å². The summed E-state index contributed by atoms with van der Waals surface area (Å²) in [5, 5.41) is 4.85. The molecule has 0 aliphatic rings. The number of fused-ring (bicyclic) bond motifs is 1. The van der Waals surface area contributed by atoms with E-state index in [-0.39, 0.29) is 5.41 Å². The van der Waals surface area contributed by atoms with E-state index in [2.05, 4.69) is 55.3 Å². The smallest absolute Gasteiger partial charge is 0.0725 e. The maximum absolute atomic E-state index is 5.97. The third-order valence-corrected chi connectivity index (χ3v) is 3.84. The minimum Gasteiger partial charge on any atom is -0.381 e. The molecule has 0 amide bonds. The predicted molar refractivity (Wildman–Crippen MR) is 88.7 cm³/mol. The van der Waals surface area contributed by atoms with Gasteiger partial charge in [-0.15, -0.1) is 11.6 Å². The lowest BCUT2D eigenvalue weighted by atomic mass is 9.85. The van der Waals surface area contributed by atoms with Crippen LogP contribution in [0.3, 0.4) is 0 Å². The van der Waals surface area contributed by atoms with Crippen LogP contribution in [0.1, 0.15) is 32.9 Å². The molecule has 0 aliphatic carbocycles. The molecule has 0 bridgehead atoms. The van der Waals surface area contributed by atoms with Gasteiger partial charge < -0.3 is 5.32 Å². The van der Waals surface area contributed by atoms with E-state index in [0.29, 0.717) is 11.9 Å². The van der Waals surface area contributed by atoms with Gasteiger partial charge in [-0.2, -0.15) is 0 Å². The quantitative estimate of drug-likeness (QED) is 0.802. The maximum Gasteiger partial charge on any atom is 0.0725 e. The van der Waals surface area contributed by atoms with Gasteiger partial charge in [-0.25, -0.2) is 0 Å². The Morgan fingerprint density at radius 3 is 2.60 bits per heavy atom. The van der Waals surface area contributed by atoms with E-state index in [1.165, 1.54) is 5.39 Å². The Kier molecular flexibility index (Phi) is 4.54. The topological polar surface area (TPSA) is 24.9 Å². The summed E-state index contributed by atoms with van der Waals surface area (Å²) in [4.78, 5) is 4.59. The Bertz CT molecular complexity index is 587. The molecule has 1 aromatic carbocycles. The van der Waals surface area contributed by atoms with Gasteiger partial charge in [0.2, 0.25) is 0 Å². The number of benzene rings is 1. The van der Waals surface area contributed by atoms with Crippen LogP contribution in [-0.2, 0) is 0 Å². The van der Waals surface area contributed by atoms with Crippen molar-refractivity contribution in [2.75, 3.05) is 11.2 Å². The van der Waals surface area contributed by atoms with Crippen LogP contribution in [0.2, 0.25) is 0 Å². The molecule has 2 nitrogen and oxygen atoms in total. The van der Waals surface area contributed by atoms with Crippen molar-refractivity contribution >= 4 is 28.2 Å². The summed E-state index contributed by atoms with van der Waals surface area (Å²) in [7, 11) is 0. The molecule has 2 aromatic rings. The van der Waals surface area contributed by atoms with Gasteiger partial charge in [0.1, 0.15) is 0 Å². The Morgan fingerprint density at radius 2 is 1.95 bits per heavy atom. The third kappa shape index (κ3) is 3.43. The van der Waals surface area contributed by atoms with Gasteiger partial charge in [0, 0.05) is 28.7 Å². The highest BCUT2D eigenvalue weighted by molar-refractivity contribution is 6.17. The number of pyridine rings is 1. The SMILES string of the molecule is Cc1cc(NC(CCCl)C(C)(C)C)c2ccccc2n1. The number of aromatic nitrogens is 1. The largest absolute Gasteiger partial charge is 0.381 e. The fourth-order valence-electron chi connectivity index (χ4n) is 2.45. The molecule has 0 fully saturated rings. The van der Waals surface area contributed by atoms with Crippen molar-refractivity contribution in [1.82, 2.24) is 4.98 Å². The zero-order valence-corrected chi connectivity index (χ0v) is 13.5.